The molecule has 3 heterocycles. The number of piperidine rings is 1. The first-order valence-electron chi connectivity index (χ1n) is 10.0. The molecule has 0 spiro atoms. The number of hydrogen-bond donors (Lipinski definition) is 1. The predicted octanol–water partition coefficient (Wildman–Crippen LogP) is 3.36. The molecule has 148 valence electrons. The van der Waals surface area contributed by atoms with Crippen molar-refractivity contribution >= 4 is 17.7 Å². The molecule has 0 aliphatic carbocycles. The number of rotatable bonds is 6. The molecule has 2 aromatic rings. The number of pyridine rings is 1. The van der Waals surface area contributed by atoms with Crippen LogP contribution in [0.15, 0.2) is 48.8 Å². The maximum absolute atomic E-state index is 12.5. The zero-order chi connectivity index (χ0) is 19.2. The average molecular weight is 398 g/mol. The van der Waals surface area contributed by atoms with Gasteiger partial charge in [-0.3, -0.25) is 14.7 Å². The van der Waals surface area contributed by atoms with Gasteiger partial charge in [-0.25, -0.2) is 0 Å². The van der Waals surface area contributed by atoms with Gasteiger partial charge in [-0.15, -0.1) is 0 Å². The van der Waals surface area contributed by atoms with Crippen molar-refractivity contribution in [2.75, 3.05) is 24.6 Å². The molecule has 1 atom stereocenters. The Balaban J connectivity index is 1.28. The van der Waals surface area contributed by atoms with Crippen LogP contribution in [0.1, 0.15) is 35.2 Å². The van der Waals surface area contributed by atoms with Crippen molar-refractivity contribution in [3.63, 3.8) is 0 Å². The molecule has 0 radical (unpaired) electrons. The number of hydrogen-bond acceptors (Lipinski definition) is 5. The molecule has 2 fully saturated rings. The standard InChI is InChI=1S/C22H27N3O2S/c26-22(24-15-17-3-2-9-23-14-17)18-4-1-5-21(13-18)27-20-6-10-25(11-7-20)19-8-12-28-16-19/h1-5,9,13-14,19-20H,6-8,10-12,15-16H2,(H,24,26)/t19-/m0/s1. The Morgan fingerprint density at radius 2 is 2.11 bits per heavy atom. The van der Waals surface area contributed by atoms with Crippen LogP contribution in [-0.2, 0) is 6.54 Å². The predicted molar refractivity (Wildman–Crippen MR) is 113 cm³/mol. The molecule has 1 N–H and O–H groups in total. The van der Waals surface area contributed by atoms with Crippen molar-refractivity contribution in [2.24, 2.45) is 0 Å². The Bertz CT molecular complexity index is 772. The molecule has 0 bridgehead atoms. The minimum Gasteiger partial charge on any atom is -0.490 e. The number of nitrogens with zero attached hydrogens (tertiary/aromatic N) is 2. The third kappa shape index (κ3) is 5.06. The van der Waals surface area contributed by atoms with Crippen molar-refractivity contribution in [1.29, 1.82) is 0 Å². The van der Waals surface area contributed by atoms with Crippen molar-refractivity contribution in [2.45, 2.75) is 38.0 Å². The number of amides is 1. The minimum atomic E-state index is -0.0946. The van der Waals surface area contributed by atoms with Crippen molar-refractivity contribution in [1.82, 2.24) is 15.2 Å². The highest BCUT2D eigenvalue weighted by molar-refractivity contribution is 7.99. The second-order valence-electron chi connectivity index (χ2n) is 7.44. The monoisotopic (exact) mass is 397 g/mol. The summed E-state index contributed by atoms with van der Waals surface area (Å²) in [6, 6.07) is 12.1. The largest absolute Gasteiger partial charge is 0.490 e. The van der Waals surface area contributed by atoms with Crippen LogP contribution in [0.2, 0.25) is 0 Å². The van der Waals surface area contributed by atoms with E-state index in [4.69, 9.17) is 4.74 Å². The molecule has 4 rings (SSSR count). The maximum atomic E-state index is 12.5. The molecular formula is C22H27N3O2S. The highest BCUT2D eigenvalue weighted by Gasteiger charge is 2.28. The fraction of sp³-hybridized carbons (Fsp3) is 0.455. The molecule has 1 amide bonds. The van der Waals surface area contributed by atoms with Gasteiger partial charge < -0.3 is 10.1 Å². The number of aromatic nitrogens is 1. The van der Waals surface area contributed by atoms with Crippen molar-refractivity contribution in [3.8, 4) is 5.75 Å². The molecule has 6 heteroatoms. The van der Waals surface area contributed by atoms with E-state index in [1.807, 2.05) is 36.4 Å². The van der Waals surface area contributed by atoms with E-state index in [1.165, 1.54) is 17.9 Å². The number of nitrogens with one attached hydrogen (secondary N) is 1. The fourth-order valence-corrected chi connectivity index (χ4v) is 5.11. The minimum absolute atomic E-state index is 0.0946. The summed E-state index contributed by atoms with van der Waals surface area (Å²) in [5, 5.41) is 2.94. The number of likely N-dealkylation sites (tertiary alicyclic amines) is 1. The van der Waals surface area contributed by atoms with Gasteiger partial charge in [0.05, 0.1) is 0 Å². The van der Waals surface area contributed by atoms with E-state index in [9.17, 15) is 4.79 Å². The highest BCUT2D eigenvalue weighted by atomic mass is 32.2. The van der Waals surface area contributed by atoms with Crippen LogP contribution in [0.5, 0.6) is 5.75 Å². The van der Waals surface area contributed by atoms with E-state index < -0.39 is 0 Å². The topological polar surface area (TPSA) is 54.5 Å². The smallest absolute Gasteiger partial charge is 0.251 e. The zero-order valence-corrected chi connectivity index (χ0v) is 16.9. The van der Waals surface area contributed by atoms with Crippen LogP contribution in [-0.4, -0.2) is 52.5 Å². The lowest BCUT2D eigenvalue weighted by molar-refractivity contribution is 0.0813. The molecule has 5 nitrogen and oxygen atoms in total. The third-order valence-electron chi connectivity index (χ3n) is 5.47. The van der Waals surface area contributed by atoms with Crippen LogP contribution >= 0.6 is 11.8 Å². The Labute approximate surface area is 170 Å². The van der Waals surface area contributed by atoms with Gasteiger partial charge in [-0.2, -0.15) is 11.8 Å². The molecule has 1 aromatic carbocycles. The number of benzene rings is 1. The van der Waals surface area contributed by atoms with Crippen LogP contribution < -0.4 is 10.1 Å². The normalized spacial score (nSPS) is 20.8. The van der Waals surface area contributed by atoms with Gasteiger partial charge in [0.2, 0.25) is 0 Å². The van der Waals surface area contributed by atoms with Crippen LogP contribution in [0.3, 0.4) is 0 Å². The summed E-state index contributed by atoms with van der Waals surface area (Å²) < 4.78 is 6.20. The summed E-state index contributed by atoms with van der Waals surface area (Å²) >= 11 is 2.07. The third-order valence-corrected chi connectivity index (χ3v) is 6.62. The first kappa shape index (κ1) is 19.3. The summed E-state index contributed by atoms with van der Waals surface area (Å²) in [5.41, 5.74) is 1.61. The summed E-state index contributed by atoms with van der Waals surface area (Å²) in [6.45, 7) is 2.69. The molecule has 1 aromatic heterocycles. The quantitative estimate of drug-likeness (QED) is 0.810. The van der Waals surface area contributed by atoms with Crippen molar-refractivity contribution in [3.05, 3.63) is 59.9 Å². The first-order valence-corrected chi connectivity index (χ1v) is 11.2. The second-order valence-corrected chi connectivity index (χ2v) is 8.59. The highest BCUT2D eigenvalue weighted by Crippen LogP contribution is 2.26. The molecule has 2 aliphatic rings. The molecule has 0 saturated carbocycles. The number of carbonyl (C=O) groups is 1. The maximum Gasteiger partial charge on any atom is 0.251 e. The first-order chi connectivity index (χ1) is 13.8. The molecule has 28 heavy (non-hydrogen) atoms. The number of ether oxygens (including phenoxy) is 1. The van der Waals surface area contributed by atoms with Crippen LogP contribution in [0, 0.1) is 0 Å². The Morgan fingerprint density at radius 1 is 1.21 bits per heavy atom. The van der Waals surface area contributed by atoms with Gasteiger partial charge in [0.1, 0.15) is 11.9 Å². The van der Waals surface area contributed by atoms with Gasteiger partial charge in [-0.1, -0.05) is 12.1 Å². The van der Waals surface area contributed by atoms with Gasteiger partial charge in [0.25, 0.3) is 5.91 Å². The van der Waals surface area contributed by atoms with Gasteiger partial charge in [0, 0.05) is 49.4 Å². The molecular weight excluding hydrogens is 370 g/mol. The van der Waals surface area contributed by atoms with E-state index in [0.29, 0.717) is 12.1 Å². The van der Waals surface area contributed by atoms with E-state index in [2.05, 4.69) is 27.0 Å². The van der Waals surface area contributed by atoms with E-state index >= 15 is 0 Å². The van der Waals surface area contributed by atoms with Crippen LogP contribution in [0.25, 0.3) is 0 Å². The van der Waals surface area contributed by atoms with Gasteiger partial charge >= 0.3 is 0 Å². The summed E-state index contributed by atoms with van der Waals surface area (Å²) in [4.78, 5) is 19.2. The molecule has 2 aliphatic heterocycles. The lowest BCUT2D eigenvalue weighted by Crippen LogP contribution is -2.44. The number of thioether (sulfide) groups is 1. The SMILES string of the molecule is O=C(NCc1cccnc1)c1cccc(OC2CCN([C@H]3CCSC3)CC2)c1. The second kappa shape index (κ2) is 9.43. The number of carbonyl (C=O) groups excluding carboxylic acids is 1. The fourth-order valence-electron chi connectivity index (χ4n) is 3.86. The van der Waals surface area contributed by atoms with E-state index in [1.54, 1.807) is 12.4 Å². The Morgan fingerprint density at radius 3 is 2.86 bits per heavy atom. The van der Waals surface area contributed by atoms with Crippen molar-refractivity contribution < 1.29 is 9.53 Å². The summed E-state index contributed by atoms with van der Waals surface area (Å²) in [6.07, 6.45) is 7.16. The Hall–Kier alpha value is -2.05. The summed E-state index contributed by atoms with van der Waals surface area (Å²) in [5.74, 6) is 3.27. The van der Waals surface area contributed by atoms with Gasteiger partial charge in [0.15, 0.2) is 0 Å². The molecule has 2 saturated heterocycles. The lowest BCUT2D eigenvalue weighted by atomic mass is 10.0. The zero-order valence-electron chi connectivity index (χ0n) is 16.0. The molecule has 0 unspecified atom stereocenters. The average Bonchev–Trinajstić information content (AvgIpc) is 3.28. The van der Waals surface area contributed by atoms with Crippen LogP contribution in [0.4, 0.5) is 0 Å². The summed E-state index contributed by atoms with van der Waals surface area (Å²) in [7, 11) is 0. The Kier molecular flexibility index (Phi) is 6.49. The van der Waals surface area contributed by atoms with E-state index in [0.717, 1.165) is 43.3 Å². The lowest BCUT2D eigenvalue weighted by Gasteiger charge is -2.35. The van der Waals surface area contributed by atoms with Gasteiger partial charge in [-0.05, 0) is 54.8 Å². The van der Waals surface area contributed by atoms with E-state index in [-0.39, 0.29) is 12.0 Å².